The van der Waals surface area contributed by atoms with Gasteiger partial charge in [-0.15, -0.1) is 5.10 Å². The van der Waals surface area contributed by atoms with Crippen LogP contribution in [-0.2, 0) is 17.8 Å². The second-order valence-corrected chi connectivity index (χ2v) is 2.68. The van der Waals surface area contributed by atoms with Gasteiger partial charge in [0.25, 0.3) is 0 Å². The molecule has 0 bridgehead atoms. The third kappa shape index (κ3) is 2.43. The van der Waals surface area contributed by atoms with Gasteiger partial charge in [-0.25, -0.2) is 0 Å². The van der Waals surface area contributed by atoms with Crippen molar-refractivity contribution >= 4 is 0 Å². The molecule has 1 rings (SSSR count). The molecule has 6 heteroatoms. The topological polar surface area (TPSA) is 75.2 Å². The normalized spacial score (nSPS) is 10.5. The maximum atomic E-state index is 5.51. The minimum absolute atomic E-state index is 0.351. The standard InChI is InChI=1S/C8H16N4O2/c1-3-14-8-11-10-7(6-9)12(8)4-5-13-2/h3-6,9H2,1-2H3. The summed E-state index contributed by atoms with van der Waals surface area (Å²) < 4.78 is 12.1. The number of aromatic nitrogens is 3. The minimum Gasteiger partial charge on any atom is -0.464 e. The van der Waals surface area contributed by atoms with Gasteiger partial charge in [-0.3, -0.25) is 4.57 Å². The molecule has 0 aromatic carbocycles. The second kappa shape index (κ2) is 5.56. The van der Waals surface area contributed by atoms with Crippen LogP contribution in [0, 0.1) is 0 Å². The first-order chi connectivity index (χ1) is 6.83. The molecule has 0 saturated heterocycles. The van der Waals surface area contributed by atoms with Crippen molar-refractivity contribution in [2.24, 2.45) is 5.73 Å². The second-order valence-electron chi connectivity index (χ2n) is 2.68. The van der Waals surface area contributed by atoms with Crippen LogP contribution in [0.3, 0.4) is 0 Å². The third-order valence-corrected chi connectivity index (χ3v) is 1.77. The zero-order valence-corrected chi connectivity index (χ0v) is 8.56. The molecule has 1 aromatic rings. The first kappa shape index (κ1) is 10.9. The van der Waals surface area contributed by atoms with Crippen molar-refractivity contribution in [1.29, 1.82) is 0 Å². The van der Waals surface area contributed by atoms with Crippen LogP contribution in [0.4, 0.5) is 0 Å². The van der Waals surface area contributed by atoms with Crippen molar-refractivity contribution in [2.75, 3.05) is 20.3 Å². The van der Waals surface area contributed by atoms with Crippen LogP contribution in [-0.4, -0.2) is 35.1 Å². The molecule has 6 nitrogen and oxygen atoms in total. The summed E-state index contributed by atoms with van der Waals surface area (Å²) in [6.45, 7) is 4.06. The highest BCUT2D eigenvalue weighted by Crippen LogP contribution is 2.09. The van der Waals surface area contributed by atoms with Crippen molar-refractivity contribution in [3.8, 4) is 6.01 Å². The summed E-state index contributed by atoms with van der Waals surface area (Å²) in [6, 6.07) is 0.505. The van der Waals surface area contributed by atoms with Crippen molar-refractivity contribution in [3.05, 3.63) is 5.82 Å². The van der Waals surface area contributed by atoms with Gasteiger partial charge in [0.15, 0.2) is 0 Å². The summed E-state index contributed by atoms with van der Waals surface area (Å²) in [5.74, 6) is 0.713. The van der Waals surface area contributed by atoms with Crippen molar-refractivity contribution in [1.82, 2.24) is 14.8 Å². The molecule has 0 spiro atoms. The maximum absolute atomic E-state index is 5.51. The Balaban J connectivity index is 2.76. The number of hydrogen-bond donors (Lipinski definition) is 1. The molecule has 0 aliphatic heterocycles. The molecule has 0 fully saturated rings. The van der Waals surface area contributed by atoms with E-state index in [1.165, 1.54) is 0 Å². The largest absolute Gasteiger partial charge is 0.464 e. The van der Waals surface area contributed by atoms with Crippen LogP contribution in [0.1, 0.15) is 12.7 Å². The van der Waals surface area contributed by atoms with Gasteiger partial charge in [0.1, 0.15) is 5.82 Å². The quantitative estimate of drug-likeness (QED) is 0.687. The number of methoxy groups -OCH3 is 1. The average molecular weight is 200 g/mol. The molecule has 0 aliphatic carbocycles. The fourth-order valence-corrected chi connectivity index (χ4v) is 1.11. The lowest BCUT2D eigenvalue weighted by molar-refractivity contribution is 0.179. The Morgan fingerprint density at radius 1 is 1.43 bits per heavy atom. The lowest BCUT2D eigenvalue weighted by atomic mass is 10.5. The zero-order chi connectivity index (χ0) is 10.4. The Morgan fingerprint density at radius 2 is 2.21 bits per heavy atom. The molecular weight excluding hydrogens is 184 g/mol. The number of nitrogens with zero attached hydrogens (tertiary/aromatic N) is 3. The average Bonchev–Trinajstić information content (AvgIpc) is 2.58. The molecule has 0 amide bonds. The van der Waals surface area contributed by atoms with E-state index >= 15 is 0 Å². The summed E-state index contributed by atoms with van der Waals surface area (Å²) >= 11 is 0. The van der Waals surface area contributed by atoms with E-state index in [0.717, 1.165) is 0 Å². The molecule has 80 valence electrons. The molecule has 14 heavy (non-hydrogen) atoms. The smallest absolute Gasteiger partial charge is 0.317 e. The monoisotopic (exact) mass is 200 g/mol. The Hall–Kier alpha value is -1.14. The Morgan fingerprint density at radius 3 is 2.79 bits per heavy atom. The molecule has 0 unspecified atom stereocenters. The predicted octanol–water partition coefficient (Wildman–Crippen LogP) is -0.218. The van der Waals surface area contributed by atoms with Crippen LogP contribution >= 0.6 is 0 Å². The SMILES string of the molecule is CCOc1nnc(CN)n1CCOC. The zero-order valence-electron chi connectivity index (χ0n) is 8.56. The maximum Gasteiger partial charge on any atom is 0.317 e. The van der Waals surface area contributed by atoms with E-state index in [1.807, 2.05) is 11.5 Å². The molecule has 0 saturated carbocycles. The van der Waals surface area contributed by atoms with E-state index in [2.05, 4.69) is 10.2 Å². The number of rotatable bonds is 6. The fourth-order valence-electron chi connectivity index (χ4n) is 1.11. The predicted molar refractivity (Wildman–Crippen MR) is 51.0 cm³/mol. The van der Waals surface area contributed by atoms with Crippen molar-refractivity contribution < 1.29 is 9.47 Å². The minimum atomic E-state index is 0.351. The highest BCUT2D eigenvalue weighted by atomic mass is 16.5. The lowest BCUT2D eigenvalue weighted by Crippen LogP contribution is -2.13. The molecular formula is C8H16N4O2. The third-order valence-electron chi connectivity index (χ3n) is 1.77. The molecule has 0 aliphatic rings. The number of nitrogens with two attached hydrogens (primary N) is 1. The molecule has 1 aromatic heterocycles. The summed E-state index contributed by atoms with van der Waals surface area (Å²) in [5.41, 5.74) is 5.51. The van der Waals surface area contributed by atoms with E-state index < -0.39 is 0 Å². The molecule has 0 atom stereocenters. The van der Waals surface area contributed by atoms with Gasteiger partial charge in [0.2, 0.25) is 0 Å². The van der Waals surface area contributed by atoms with Crippen LogP contribution in [0.15, 0.2) is 0 Å². The highest BCUT2D eigenvalue weighted by molar-refractivity contribution is 5.00. The van der Waals surface area contributed by atoms with Gasteiger partial charge >= 0.3 is 6.01 Å². The molecule has 0 radical (unpaired) electrons. The Labute approximate surface area is 83.0 Å². The summed E-state index contributed by atoms with van der Waals surface area (Å²) in [4.78, 5) is 0. The van der Waals surface area contributed by atoms with Gasteiger partial charge < -0.3 is 15.2 Å². The number of hydrogen-bond acceptors (Lipinski definition) is 5. The van der Waals surface area contributed by atoms with Gasteiger partial charge in [0.05, 0.1) is 26.3 Å². The highest BCUT2D eigenvalue weighted by Gasteiger charge is 2.10. The van der Waals surface area contributed by atoms with E-state index in [0.29, 0.717) is 38.1 Å². The summed E-state index contributed by atoms with van der Waals surface area (Å²) in [6.07, 6.45) is 0. The van der Waals surface area contributed by atoms with E-state index in [9.17, 15) is 0 Å². The number of ether oxygens (including phenoxy) is 2. The van der Waals surface area contributed by atoms with Crippen LogP contribution in [0.5, 0.6) is 6.01 Å². The van der Waals surface area contributed by atoms with Crippen LogP contribution < -0.4 is 10.5 Å². The fraction of sp³-hybridized carbons (Fsp3) is 0.750. The van der Waals surface area contributed by atoms with E-state index in [-0.39, 0.29) is 0 Å². The van der Waals surface area contributed by atoms with Crippen molar-refractivity contribution in [2.45, 2.75) is 20.0 Å². The molecule has 1 heterocycles. The Kier molecular flexibility index (Phi) is 4.34. The van der Waals surface area contributed by atoms with E-state index in [4.69, 9.17) is 15.2 Å². The van der Waals surface area contributed by atoms with Crippen LogP contribution in [0.2, 0.25) is 0 Å². The van der Waals surface area contributed by atoms with Gasteiger partial charge in [-0.05, 0) is 6.92 Å². The first-order valence-electron chi connectivity index (χ1n) is 4.57. The lowest BCUT2D eigenvalue weighted by Gasteiger charge is -2.07. The first-order valence-corrected chi connectivity index (χ1v) is 4.57. The summed E-state index contributed by atoms with van der Waals surface area (Å²) in [5, 5.41) is 7.80. The summed E-state index contributed by atoms with van der Waals surface area (Å²) in [7, 11) is 1.65. The van der Waals surface area contributed by atoms with Gasteiger partial charge in [0, 0.05) is 7.11 Å². The Bertz CT molecular complexity index is 274. The van der Waals surface area contributed by atoms with Crippen LogP contribution in [0.25, 0.3) is 0 Å². The van der Waals surface area contributed by atoms with Gasteiger partial charge in [-0.1, -0.05) is 5.10 Å². The van der Waals surface area contributed by atoms with E-state index in [1.54, 1.807) is 7.11 Å². The molecule has 2 N–H and O–H groups in total. The van der Waals surface area contributed by atoms with Crippen molar-refractivity contribution in [3.63, 3.8) is 0 Å². The van der Waals surface area contributed by atoms with Gasteiger partial charge in [-0.2, -0.15) is 0 Å².